The van der Waals surface area contributed by atoms with Gasteiger partial charge in [0.2, 0.25) is 5.91 Å². The molecule has 0 spiro atoms. The third kappa shape index (κ3) is 3.48. The van der Waals surface area contributed by atoms with E-state index in [2.05, 4.69) is 45.7 Å². The third-order valence-electron chi connectivity index (χ3n) is 4.37. The maximum Gasteiger partial charge on any atom is 0.244 e. The van der Waals surface area contributed by atoms with Gasteiger partial charge >= 0.3 is 0 Å². The maximum absolute atomic E-state index is 12.1. The number of carbonyl (C=O) groups is 1. The van der Waals surface area contributed by atoms with Gasteiger partial charge in [-0.2, -0.15) is 0 Å². The summed E-state index contributed by atoms with van der Waals surface area (Å²) >= 11 is 0. The second kappa shape index (κ2) is 6.86. The summed E-state index contributed by atoms with van der Waals surface area (Å²) in [5, 5.41) is 10.7. The molecule has 0 fully saturated rings. The Bertz CT molecular complexity index is 765. The molecule has 1 unspecified atom stereocenters. The van der Waals surface area contributed by atoms with Crippen molar-refractivity contribution in [3.05, 3.63) is 47.6 Å². The summed E-state index contributed by atoms with van der Waals surface area (Å²) in [6.45, 7) is 3.00. The smallest absolute Gasteiger partial charge is 0.244 e. The molecule has 0 saturated heterocycles. The van der Waals surface area contributed by atoms with Crippen molar-refractivity contribution >= 4 is 17.7 Å². The van der Waals surface area contributed by atoms with Crippen molar-refractivity contribution in [3.63, 3.8) is 0 Å². The molecule has 1 amide bonds. The minimum atomic E-state index is -0.188. The van der Waals surface area contributed by atoms with Crippen LogP contribution in [0.15, 0.2) is 30.6 Å². The fraction of sp³-hybridized carbons (Fsp3) is 0.389. The first-order valence-electron chi connectivity index (χ1n) is 8.21. The summed E-state index contributed by atoms with van der Waals surface area (Å²) < 4.78 is 1.80. The molecule has 3 rings (SSSR count). The zero-order valence-electron chi connectivity index (χ0n) is 14.4. The lowest BCUT2D eigenvalue weighted by Crippen LogP contribution is -2.26. The lowest BCUT2D eigenvalue weighted by Gasteiger charge is -2.27. The van der Waals surface area contributed by atoms with E-state index in [0.717, 1.165) is 24.4 Å². The van der Waals surface area contributed by atoms with Gasteiger partial charge in [0, 0.05) is 32.4 Å². The summed E-state index contributed by atoms with van der Waals surface area (Å²) in [5.41, 5.74) is 3.68. The van der Waals surface area contributed by atoms with E-state index in [4.69, 9.17) is 0 Å². The minimum Gasteiger partial charge on any atom is -0.374 e. The van der Waals surface area contributed by atoms with Crippen LogP contribution < -0.4 is 10.2 Å². The van der Waals surface area contributed by atoms with Crippen LogP contribution in [0.3, 0.4) is 0 Å². The molecule has 1 atom stereocenters. The molecule has 0 aliphatic carbocycles. The summed E-state index contributed by atoms with van der Waals surface area (Å²) in [6, 6.07) is 6.16. The number of benzene rings is 1. The van der Waals surface area contributed by atoms with E-state index in [1.54, 1.807) is 17.0 Å². The van der Waals surface area contributed by atoms with E-state index in [1.165, 1.54) is 17.7 Å². The lowest BCUT2D eigenvalue weighted by molar-refractivity contribution is -0.117. The number of nitrogens with zero attached hydrogens (tertiary/aromatic N) is 4. The summed E-state index contributed by atoms with van der Waals surface area (Å²) in [4.78, 5) is 14.4. The third-order valence-corrected chi connectivity index (χ3v) is 4.37. The zero-order chi connectivity index (χ0) is 17.1. The van der Waals surface area contributed by atoms with Crippen molar-refractivity contribution in [3.8, 4) is 0 Å². The molecule has 2 heterocycles. The van der Waals surface area contributed by atoms with Crippen LogP contribution in [0.2, 0.25) is 0 Å². The molecule has 0 bridgehead atoms. The maximum atomic E-state index is 12.1. The molecule has 6 heteroatoms. The van der Waals surface area contributed by atoms with Crippen LogP contribution in [0.4, 0.5) is 5.69 Å². The molecular weight excluding hydrogens is 302 g/mol. The Hall–Kier alpha value is -2.63. The number of amides is 1. The highest BCUT2D eigenvalue weighted by atomic mass is 16.1. The van der Waals surface area contributed by atoms with E-state index in [9.17, 15) is 4.79 Å². The number of rotatable bonds is 4. The topological polar surface area (TPSA) is 63.1 Å². The molecule has 1 N–H and O–H groups in total. The SMILES string of the molecule is CC(NC(=O)C=Cc1ccc2c(c1)CCCN2C)c1nncn1C. The van der Waals surface area contributed by atoms with Crippen molar-refractivity contribution in [2.75, 3.05) is 18.5 Å². The minimum absolute atomic E-state index is 0.139. The number of hydrogen-bond acceptors (Lipinski definition) is 4. The molecule has 1 aromatic carbocycles. The van der Waals surface area contributed by atoms with E-state index in [1.807, 2.05) is 20.0 Å². The summed E-state index contributed by atoms with van der Waals surface area (Å²) in [6.07, 6.45) is 7.32. The van der Waals surface area contributed by atoms with Crippen LogP contribution in [-0.2, 0) is 18.3 Å². The number of nitrogens with one attached hydrogen (secondary N) is 1. The van der Waals surface area contributed by atoms with Gasteiger partial charge in [-0.05, 0) is 49.1 Å². The van der Waals surface area contributed by atoms with E-state index in [0.29, 0.717) is 0 Å². The Kier molecular flexibility index (Phi) is 4.64. The molecule has 1 aliphatic heterocycles. The molecule has 0 radical (unpaired) electrons. The van der Waals surface area contributed by atoms with Gasteiger partial charge in [-0.15, -0.1) is 10.2 Å². The average molecular weight is 325 g/mol. The van der Waals surface area contributed by atoms with Gasteiger partial charge in [-0.1, -0.05) is 6.07 Å². The highest BCUT2D eigenvalue weighted by molar-refractivity contribution is 5.92. The first-order chi connectivity index (χ1) is 11.5. The van der Waals surface area contributed by atoms with Gasteiger partial charge in [-0.3, -0.25) is 4.79 Å². The first-order valence-corrected chi connectivity index (χ1v) is 8.21. The molecule has 1 aromatic heterocycles. The average Bonchev–Trinajstić information content (AvgIpc) is 2.99. The van der Waals surface area contributed by atoms with Crippen LogP contribution >= 0.6 is 0 Å². The molecule has 24 heavy (non-hydrogen) atoms. The van der Waals surface area contributed by atoms with E-state index in [-0.39, 0.29) is 11.9 Å². The predicted octanol–water partition coefficient (Wildman–Crippen LogP) is 2.09. The zero-order valence-corrected chi connectivity index (χ0v) is 14.4. The Labute approximate surface area is 142 Å². The second-order valence-electron chi connectivity index (χ2n) is 6.28. The molecule has 1 aliphatic rings. The highest BCUT2D eigenvalue weighted by Crippen LogP contribution is 2.27. The Morgan fingerprint density at radius 2 is 2.21 bits per heavy atom. The van der Waals surface area contributed by atoms with Gasteiger partial charge in [0.15, 0.2) is 5.82 Å². The van der Waals surface area contributed by atoms with Gasteiger partial charge in [-0.25, -0.2) is 0 Å². The lowest BCUT2D eigenvalue weighted by atomic mass is 9.99. The van der Waals surface area contributed by atoms with Crippen molar-refractivity contribution in [2.24, 2.45) is 7.05 Å². The number of anilines is 1. The first kappa shape index (κ1) is 16.2. The molecule has 126 valence electrons. The Morgan fingerprint density at radius 3 is 2.96 bits per heavy atom. The van der Waals surface area contributed by atoms with Gasteiger partial charge in [0.25, 0.3) is 0 Å². The molecule has 2 aromatic rings. The number of fused-ring (bicyclic) bond motifs is 1. The quantitative estimate of drug-likeness (QED) is 0.874. The summed E-state index contributed by atoms with van der Waals surface area (Å²) in [7, 11) is 3.98. The van der Waals surface area contributed by atoms with Crippen LogP contribution in [0.1, 0.15) is 36.3 Å². The number of aromatic nitrogens is 3. The standard InChI is InChI=1S/C18H23N5O/c1-13(18-21-19-12-23(18)3)20-17(24)9-7-14-6-8-16-15(11-14)5-4-10-22(16)2/h6-9,11-13H,4-5,10H2,1-3H3,(H,20,24). The summed E-state index contributed by atoms with van der Waals surface area (Å²) in [5.74, 6) is 0.592. The number of aryl methyl sites for hydroxylation is 2. The van der Waals surface area contributed by atoms with Gasteiger partial charge < -0.3 is 14.8 Å². The van der Waals surface area contributed by atoms with Crippen LogP contribution in [0.25, 0.3) is 6.08 Å². The fourth-order valence-corrected chi connectivity index (χ4v) is 3.09. The Morgan fingerprint density at radius 1 is 1.38 bits per heavy atom. The second-order valence-corrected chi connectivity index (χ2v) is 6.28. The van der Waals surface area contributed by atoms with E-state index < -0.39 is 0 Å². The van der Waals surface area contributed by atoms with Crippen molar-refractivity contribution < 1.29 is 4.79 Å². The normalized spacial score (nSPS) is 15.4. The molecule has 6 nitrogen and oxygen atoms in total. The monoisotopic (exact) mass is 325 g/mol. The molecule has 0 saturated carbocycles. The molecular formula is C18H23N5O. The van der Waals surface area contributed by atoms with E-state index >= 15 is 0 Å². The highest BCUT2D eigenvalue weighted by Gasteiger charge is 2.14. The van der Waals surface area contributed by atoms with Crippen LogP contribution in [0.5, 0.6) is 0 Å². The fourth-order valence-electron chi connectivity index (χ4n) is 3.09. The van der Waals surface area contributed by atoms with Crippen molar-refractivity contribution in [1.82, 2.24) is 20.1 Å². The van der Waals surface area contributed by atoms with Gasteiger partial charge in [0.1, 0.15) is 6.33 Å². The largest absolute Gasteiger partial charge is 0.374 e. The van der Waals surface area contributed by atoms with Gasteiger partial charge in [0.05, 0.1) is 6.04 Å². The van der Waals surface area contributed by atoms with Crippen molar-refractivity contribution in [1.29, 1.82) is 0 Å². The Balaban J connectivity index is 1.65. The predicted molar refractivity (Wildman–Crippen MR) is 94.6 cm³/mol. The van der Waals surface area contributed by atoms with Crippen LogP contribution in [0, 0.1) is 0 Å². The van der Waals surface area contributed by atoms with Crippen molar-refractivity contribution in [2.45, 2.75) is 25.8 Å². The number of carbonyl (C=O) groups excluding carboxylic acids is 1. The van der Waals surface area contributed by atoms with Crippen LogP contribution in [-0.4, -0.2) is 34.3 Å². The number of hydrogen-bond donors (Lipinski definition) is 1.